The third kappa shape index (κ3) is 2.22. The molecule has 0 aliphatic carbocycles. The standard InChI is InChI=1S/C14H14N4OS/c1-3-9-20-12-10-7-5-6-8-11(10)18-13(15-12)16-14(17-18)19-4-2/h3,5-8H,1,4,9H2,2H3. The van der Waals surface area contributed by atoms with Crippen molar-refractivity contribution in [2.75, 3.05) is 12.4 Å². The summed E-state index contributed by atoms with van der Waals surface area (Å²) in [4.78, 5) is 8.87. The van der Waals surface area contributed by atoms with E-state index in [1.807, 2.05) is 37.3 Å². The molecule has 0 amide bonds. The second-order valence-corrected chi connectivity index (χ2v) is 5.08. The summed E-state index contributed by atoms with van der Waals surface area (Å²) < 4.78 is 7.08. The maximum atomic E-state index is 5.35. The summed E-state index contributed by atoms with van der Waals surface area (Å²) in [7, 11) is 0. The number of hydrogen-bond donors (Lipinski definition) is 0. The van der Waals surface area contributed by atoms with Crippen LogP contribution in [0.5, 0.6) is 6.01 Å². The number of fused-ring (bicyclic) bond motifs is 3. The first-order valence-electron chi connectivity index (χ1n) is 6.35. The maximum absolute atomic E-state index is 5.35. The molecule has 3 rings (SSSR count). The Bertz CT molecular complexity index is 768. The van der Waals surface area contributed by atoms with Crippen LogP contribution in [0.3, 0.4) is 0 Å². The molecule has 0 aliphatic heterocycles. The molecule has 0 saturated heterocycles. The Labute approximate surface area is 120 Å². The van der Waals surface area contributed by atoms with Crippen molar-refractivity contribution in [3.05, 3.63) is 36.9 Å². The van der Waals surface area contributed by atoms with Gasteiger partial charge in [0, 0.05) is 11.1 Å². The third-order valence-corrected chi connectivity index (χ3v) is 3.73. The fraction of sp³-hybridized carbons (Fsp3) is 0.214. The van der Waals surface area contributed by atoms with Gasteiger partial charge in [0.1, 0.15) is 5.03 Å². The summed E-state index contributed by atoms with van der Waals surface area (Å²) in [5, 5.41) is 6.33. The molecule has 0 bridgehead atoms. The van der Waals surface area contributed by atoms with Gasteiger partial charge in [-0.3, -0.25) is 0 Å². The number of nitrogens with zero attached hydrogens (tertiary/aromatic N) is 4. The maximum Gasteiger partial charge on any atom is 0.337 e. The number of aromatic nitrogens is 4. The van der Waals surface area contributed by atoms with Crippen LogP contribution >= 0.6 is 11.8 Å². The molecule has 5 nitrogen and oxygen atoms in total. The Hall–Kier alpha value is -2.08. The first-order chi connectivity index (χ1) is 9.83. The van der Waals surface area contributed by atoms with Gasteiger partial charge in [0.2, 0.25) is 0 Å². The van der Waals surface area contributed by atoms with Crippen molar-refractivity contribution in [1.29, 1.82) is 0 Å². The molecule has 0 saturated carbocycles. The molecule has 0 radical (unpaired) electrons. The SMILES string of the molecule is C=CCSc1nc2nc(OCC)nn2c2ccccc12. The molecule has 0 N–H and O–H groups in total. The number of thioether (sulfide) groups is 1. The smallest absolute Gasteiger partial charge is 0.337 e. The Kier molecular flexibility index (Phi) is 3.56. The number of rotatable bonds is 5. The molecule has 6 heteroatoms. The zero-order valence-electron chi connectivity index (χ0n) is 11.1. The highest BCUT2D eigenvalue weighted by molar-refractivity contribution is 7.99. The highest BCUT2D eigenvalue weighted by Crippen LogP contribution is 2.27. The highest BCUT2D eigenvalue weighted by Gasteiger charge is 2.12. The minimum Gasteiger partial charge on any atom is -0.463 e. The number of ether oxygens (including phenoxy) is 1. The largest absolute Gasteiger partial charge is 0.463 e. The summed E-state index contributed by atoms with van der Waals surface area (Å²) in [6.07, 6.45) is 1.86. The van der Waals surface area contributed by atoms with E-state index in [2.05, 4.69) is 21.6 Å². The minimum atomic E-state index is 0.357. The van der Waals surface area contributed by atoms with E-state index < -0.39 is 0 Å². The number of para-hydroxylation sites is 1. The van der Waals surface area contributed by atoms with Crippen molar-refractivity contribution < 1.29 is 4.74 Å². The fourth-order valence-corrected chi connectivity index (χ4v) is 2.70. The van der Waals surface area contributed by atoms with Crippen LogP contribution in [0.25, 0.3) is 16.7 Å². The van der Waals surface area contributed by atoms with Crippen molar-refractivity contribution in [2.45, 2.75) is 11.9 Å². The molecule has 102 valence electrons. The average molecular weight is 286 g/mol. The van der Waals surface area contributed by atoms with Gasteiger partial charge in [-0.15, -0.1) is 23.4 Å². The summed E-state index contributed by atoms with van der Waals surface area (Å²) >= 11 is 1.64. The van der Waals surface area contributed by atoms with Gasteiger partial charge in [0.25, 0.3) is 5.78 Å². The van der Waals surface area contributed by atoms with Gasteiger partial charge >= 0.3 is 6.01 Å². The molecule has 0 aliphatic rings. The van der Waals surface area contributed by atoms with Crippen LogP contribution < -0.4 is 4.74 Å². The monoisotopic (exact) mass is 286 g/mol. The van der Waals surface area contributed by atoms with E-state index in [1.54, 1.807) is 16.3 Å². The first-order valence-corrected chi connectivity index (χ1v) is 7.34. The van der Waals surface area contributed by atoms with Crippen molar-refractivity contribution >= 4 is 28.4 Å². The lowest BCUT2D eigenvalue weighted by atomic mass is 10.2. The van der Waals surface area contributed by atoms with E-state index in [-0.39, 0.29) is 0 Å². The van der Waals surface area contributed by atoms with Gasteiger partial charge in [-0.1, -0.05) is 24.3 Å². The molecule has 2 aromatic heterocycles. The lowest BCUT2D eigenvalue weighted by Gasteiger charge is -2.05. The molecular formula is C14H14N4OS. The highest BCUT2D eigenvalue weighted by atomic mass is 32.2. The van der Waals surface area contributed by atoms with Crippen LogP contribution in [0, 0.1) is 0 Å². The lowest BCUT2D eigenvalue weighted by molar-refractivity contribution is 0.313. The van der Waals surface area contributed by atoms with E-state index in [4.69, 9.17) is 4.74 Å². The number of benzene rings is 1. The molecule has 0 fully saturated rings. The Morgan fingerprint density at radius 1 is 1.35 bits per heavy atom. The summed E-state index contributed by atoms with van der Waals surface area (Å²) in [6.45, 7) is 6.18. The molecule has 0 unspecified atom stereocenters. The summed E-state index contributed by atoms with van der Waals surface area (Å²) in [6, 6.07) is 8.37. The topological polar surface area (TPSA) is 52.3 Å². The van der Waals surface area contributed by atoms with Crippen molar-refractivity contribution in [3.63, 3.8) is 0 Å². The zero-order chi connectivity index (χ0) is 13.9. The number of hydrogen-bond acceptors (Lipinski definition) is 5. The van der Waals surface area contributed by atoms with Gasteiger partial charge in [-0.05, 0) is 13.0 Å². The minimum absolute atomic E-state index is 0.357. The molecule has 1 aromatic carbocycles. The summed E-state index contributed by atoms with van der Waals surface area (Å²) in [5.41, 5.74) is 0.975. The van der Waals surface area contributed by atoms with Crippen LogP contribution in [0.2, 0.25) is 0 Å². The second kappa shape index (κ2) is 5.50. The van der Waals surface area contributed by atoms with E-state index in [9.17, 15) is 0 Å². The molecule has 0 atom stereocenters. The fourth-order valence-electron chi connectivity index (χ4n) is 1.95. The molecule has 20 heavy (non-hydrogen) atoms. The molecular weight excluding hydrogens is 272 g/mol. The van der Waals surface area contributed by atoms with Gasteiger partial charge in [0.05, 0.1) is 12.1 Å². The van der Waals surface area contributed by atoms with Crippen molar-refractivity contribution in [1.82, 2.24) is 19.6 Å². The zero-order valence-corrected chi connectivity index (χ0v) is 11.9. The van der Waals surface area contributed by atoms with Crippen molar-refractivity contribution in [3.8, 4) is 6.01 Å². The van der Waals surface area contributed by atoms with Gasteiger partial charge in [0.15, 0.2) is 0 Å². The molecule has 0 spiro atoms. The van der Waals surface area contributed by atoms with E-state index in [0.717, 1.165) is 21.7 Å². The van der Waals surface area contributed by atoms with Crippen LogP contribution in [0.15, 0.2) is 41.9 Å². The summed E-state index contributed by atoms with van der Waals surface area (Å²) in [5.74, 6) is 1.36. The predicted octanol–water partition coefficient (Wildman–Crippen LogP) is 2.95. The molecule has 3 aromatic rings. The Morgan fingerprint density at radius 2 is 2.20 bits per heavy atom. The Balaban J connectivity index is 2.24. The van der Waals surface area contributed by atoms with Crippen LogP contribution in [-0.4, -0.2) is 31.9 Å². The predicted molar refractivity (Wildman–Crippen MR) is 80.4 cm³/mol. The quantitative estimate of drug-likeness (QED) is 0.410. The van der Waals surface area contributed by atoms with Crippen molar-refractivity contribution in [2.24, 2.45) is 0 Å². The van der Waals surface area contributed by atoms with Crippen LogP contribution in [-0.2, 0) is 0 Å². The van der Waals surface area contributed by atoms with Gasteiger partial charge < -0.3 is 4.74 Å². The normalized spacial score (nSPS) is 11.1. The van der Waals surface area contributed by atoms with Gasteiger partial charge in [-0.25, -0.2) is 4.98 Å². The first kappa shape index (κ1) is 12.9. The van der Waals surface area contributed by atoms with Crippen LogP contribution in [0.4, 0.5) is 0 Å². The van der Waals surface area contributed by atoms with E-state index in [1.165, 1.54) is 0 Å². The van der Waals surface area contributed by atoms with E-state index >= 15 is 0 Å². The molecule has 2 heterocycles. The van der Waals surface area contributed by atoms with E-state index in [0.29, 0.717) is 18.4 Å². The van der Waals surface area contributed by atoms with Gasteiger partial charge in [-0.2, -0.15) is 9.50 Å². The lowest BCUT2D eigenvalue weighted by Crippen LogP contribution is -1.96. The third-order valence-electron chi connectivity index (χ3n) is 2.75. The van der Waals surface area contributed by atoms with Crippen LogP contribution in [0.1, 0.15) is 6.92 Å². The average Bonchev–Trinajstić information content (AvgIpc) is 2.88. The Morgan fingerprint density at radius 3 is 3.00 bits per heavy atom. The second-order valence-electron chi connectivity index (χ2n) is 4.07.